The third-order valence-corrected chi connectivity index (χ3v) is 25.7. The number of carbonyl (C=O) groups is 8. The number of amides is 8. The molecule has 8 N–H and O–H groups in total. The maximum Gasteiger partial charge on any atom is 0.238 e. The highest BCUT2D eigenvalue weighted by Crippen LogP contribution is 2.59. The Bertz CT molecular complexity index is 4990. The van der Waals surface area contributed by atoms with Gasteiger partial charge in [0, 0.05) is 126 Å². The maximum absolute atomic E-state index is 13.8. The Morgan fingerprint density at radius 1 is 0.274 bits per heavy atom. The van der Waals surface area contributed by atoms with Gasteiger partial charge < -0.3 is 61.5 Å². The van der Waals surface area contributed by atoms with E-state index >= 15 is 0 Å². The fourth-order valence-electron chi connectivity index (χ4n) is 18.6. The van der Waals surface area contributed by atoms with Crippen LogP contribution in [0.4, 0.5) is 22.7 Å². The minimum Gasteiger partial charge on any atom is -0.376 e. The van der Waals surface area contributed by atoms with E-state index in [1.54, 1.807) is 72.8 Å². The minimum absolute atomic E-state index is 0.0859. The van der Waals surface area contributed by atoms with Crippen LogP contribution in [0.3, 0.4) is 0 Å². The predicted molar refractivity (Wildman–Crippen MR) is 491 cm³/mol. The van der Waals surface area contributed by atoms with Crippen molar-refractivity contribution in [2.24, 2.45) is 21.7 Å². The lowest BCUT2D eigenvalue weighted by atomic mass is 9.64. The van der Waals surface area contributed by atoms with Crippen LogP contribution in [-0.4, -0.2) is 124 Å². The quantitative estimate of drug-likeness (QED) is 0.0567. The summed E-state index contributed by atoms with van der Waals surface area (Å²) in [5, 5.41) is 28.3. The second kappa shape index (κ2) is 37.2. The first-order valence-electron chi connectivity index (χ1n) is 41.5. The molecule has 8 aromatic carbocycles. The predicted octanol–water partition coefficient (Wildman–Crippen LogP) is 19.7. The molecule has 4 saturated heterocycles. The Labute approximate surface area is 764 Å². The second-order valence-electron chi connectivity index (χ2n) is 38.0. The average Bonchev–Trinajstić information content (AvgIpc) is 1.56. The molecule has 8 aromatic rings. The van der Waals surface area contributed by atoms with Crippen LogP contribution in [0.2, 0.25) is 40.2 Å². The molecular formula is C96H104Cl8N8O12. The number of rotatable bonds is 12. The number of anilines is 4. The summed E-state index contributed by atoms with van der Waals surface area (Å²) in [6.45, 7) is 27.6. The number of ether oxygens (including phenoxy) is 4. The van der Waals surface area contributed by atoms with E-state index in [0.717, 1.165) is 44.5 Å². The number of nitrogens with one attached hydrogen (secondary N) is 8. The van der Waals surface area contributed by atoms with E-state index in [9.17, 15) is 38.4 Å². The summed E-state index contributed by atoms with van der Waals surface area (Å²) < 4.78 is 25.6. The van der Waals surface area contributed by atoms with E-state index in [2.05, 4.69) is 126 Å². The van der Waals surface area contributed by atoms with Crippen molar-refractivity contribution in [1.82, 2.24) is 21.3 Å². The van der Waals surface area contributed by atoms with Gasteiger partial charge in [0.25, 0.3) is 0 Å². The van der Waals surface area contributed by atoms with Crippen LogP contribution in [0.5, 0.6) is 0 Å². The van der Waals surface area contributed by atoms with Gasteiger partial charge in [-0.1, -0.05) is 249 Å². The lowest BCUT2D eigenvalue weighted by molar-refractivity contribution is -0.134. The molecule has 4 spiro atoms. The zero-order chi connectivity index (χ0) is 89.6. The van der Waals surface area contributed by atoms with Gasteiger partial charge in [-0.25, -0.2) is 0 Å². The highest BCUT2D eigenvalue weighted by molar-refractivity contribution is 6.34. The Balaban J connectivity index is 0.000000142. The Hall–Kier alpha value is -8.32. The first kappa shape index (κ1) is 93.3. The Kier molecular flexibility index (Phi) is 28.0. The molecule has 4 fully saturated rings. The third kappa shape index (κ3) is 19.6. The van der Waals surface area contributed by atoms with Crippen molar-refractivity contribution in [3.8, 4) is 0 Å². The average molecular weight is 1850 g/mol. The standard InChI is InChI=1S/4C24H26Cl2N2O3/c2*1-23(2,3)13-31-20-11-21(29)27-12-18(14-5-4-6-15(25)9-14)24(20)17-8-7-16(26)10-19(17)28-22(24)30;2*1-23(2,3)13-31-20-12-27-21(29)11-18(14-5-4-6-15(25)9-14)24(20)17-8-7-16(26)10-19(17)28-22(24)30/h4*4-10,18,20H,11-13H2,1-3H3,(H,27,29)(H,28,30)/t4*18-,20-,24-/m1010/s1. The molecule has 16 rings (SSSR count). The fourth-order valence-corrected chi connectivity index (χ4v) is 20.1. The van der Waals surface area contributed by atoms with Crippen molar-refractivity contribution in [2.45, 2.75) is 179 Å². The normalized spacial score (nSPS) is 25.7. The number of fused-ring (bicyclic) bond motifs is 8. The summed E-state index contributed by atoms with van der Waals surface area (Å²) in [5.74, 6) is -2.94. The molecule has 20 nitrogen and oxygen atoms in total. The van der Waals surface area contributed by atoms with Gasteiger partial charge in [-0.3, -0.25) is 38.4 Å². The lowest BCUT2D eigenvalue weighted by Crippen LogP contribution is -2.53. The summed E-state index contributed by atoms with van der Waals surface area (Å²) in [5.41, 5.74) is 4.30. The van der Waals surface area contributed by atoms with Gasteiger partial charge in [0.2, 0.25) is 47.3 Å². The van der Waals surface area contributed by atoms with Gasteiger partial charge in [-0.05, 0) is 163 Å². The highest BCUT2D eigenvalue weighted by atomic mass is 35.5. The molecule has 0 saturated carbocycles. The number of hydrogen-bond donors (Lipinski definition) is 8. The molecular weight excluding hydrogens is 1740 g/mol. The molecule has 0 unspecified atom stereocenters. The van der Waals surface area contributed by atoms with Crippen LogP contribution in [0.15, 0.2) is 170 Å². The van der Waals surface area contributed by atoms with E-state index in [1.807, 2.05) is 97.1 Å². The van der Waals surface area contributed by atoms with E-state index in [1.165, 1.54) is 0 Å². The van der Waals surface area contributed by atoms with Gasteiger partial charge >= 0.3 is 0 Å². The first-order chi connectivity index (χ1) is 58.4. The zero-order valence-corrected chi connectivity index (χ0v) is 77.2. The van der Waals surface area contributed by atoms with Crippen LogP contribution in [0.1, 0.15) is 177 Å². The van der Waals surface area contributed by atoms with Crippen molar-refractivity contribution in [3.63, 3.8) is 0 Å². The summed E-state index contributed by atoms with van der Waals surface area (Å²) in [4.78, 5) is 106. The SMILES string of the molecule is CC(C)(C)CO[C@@H]1CC(=O)NC[C@H](c2cccc(Cl)c2)[C@@]12C(=O)Nc1cc(Cl)ccc12.CC(C)(C)CO[C@@H]1CNC(=O)C[C@H](c2cccc(Cl)c2)[C@@]12C(=O)Nc1cc(Cl)ccc12.CC(C)(C)CO[C@H]1CC(=O)NC[C@@H](c2cccc(Cl)c2)[C@]12C(=O)Nc1cc(Cl)ccc12.CC(C)(C)CO[C@H]1CNC(=O)C[C@@H](c2cccc(Cl)c2)[C@]12C(=O)Nc1cc(Cl)ccc12. The van der Waals surface area contributed by atoms with Crippen LogP contribution in [-0.2, 0) is 79.0 Å². The molecule has 8 aliphatic rings. The summed E-state index contributed by atoms with van der Waals surface area (Å²) in [6.07, 6.45) is -1.97. The van der Waals surface area contributed by atoms with Crippen molar-refractivity contribution in [1.29, 1.82) is 0 Å². The molecule has 0 aliphatic carbocycles. The molecule has 8 aliphatic heterocycles. The van der Waals surface area contributed by atoms with Gasteiger partial charge in [0.15, 0.2) is 0 Å². The van der Waals surface area contributed by atoms with E-state index in [4.69, 9.17) is 112 Å². The molecule has 0 radical (unpaired) electrons. The summed E-state index contributed by atoms with van der Waals surface area (Å²) >= 11 is 50.1. The van der Waals surface area contributed by atoms with Crippen LogP contribution in [0.25, 0.3) is 0 Å². The fraction of sp³-hybridized carbons (Fsp3) is 0.417. The molecule has 8 heterocycles. The van der Waals surface area contributed by atoms with Gasteiger partial charge in [-0.2, -0.15) is 0 Å². The smallest absolute Gasteiger partial charge is 0.238 e. The minimum atomic E-state index is -1.10. The molecule has 8 amide bonds. The van der Waals surface area contributed by atoms with E-state index in [-0.39, 0.29) is 120 Å². The van der Waals surface area contributed by atoms with E-state index in [0.29, 0.717) is 102 Å². The molecule has 12 atom stereocenters. The zero-order valence-electron chi connectivity index (χ0n) is 71.2. The van der Waals surface area contributed by atoms with Crippen LogP contribution >= 0.6 is 92.8 Å². The molecule has 28 heteroatoms. The molecule has 124 heavy (non-hydrogen) atoms. The van der Waals surface area contributed by atoms with E-state index < -0.39 is 57.9 Å². The van der Waals surface area contributed by atoms with Crippen LogP contribution in [0, 0.1) is 21.7 Å². The molecule has 656 valence electrons. The topological polar surface area (TPSA) is 270 Å². The van der Waals surface area contributed by atoms with Crippen LogP contribution < -0.4 is 42.5 Å². The number of halogens is 8. The van der Waals surface area contributed by atoms with Gasteiger partial charge in [0.05, 0.1) is 63.7 Å². The second-order valence-corrected chi connectivity index (χ2v) is 41.4. The number of carbonyl (C=O) groups excluding carboxylic acids is 8. The molecule has 0 bridgehead atoms. The number of hydrogen-bond acceptors (Lipinski definition) is 12. The number of benzene rings is 8. The summed E-state index contributed by atoms with van der Waals surface area (Å²) in [6, 6.07) is 51.2. The molecule has 0 aromatic heterocycles. The Morgan fingerprint density at radius 3 is 0.742 bits per heavy atom. The first-order valence-corrected chi connectivity index (χ1v) is 44.5. The van der Waals surface area contributed by atoms with Crippen molar-refractivity contribution in [3.05, 3.63) is 255 Å². The monoisotopic (exact) mass is 1840 g/mol. The lowest BCUT2D eigenvalue weighted by Gasteiger charge is -2.41. The van der Waals surface area contributed by atoms with Gasteiger partial charge in [0.1, 0.15) is 21.7 Å². The Morgan fingerprint density at radius 2 is 0.492 bits per heavy atom. The third-order valence-electron chi connectivity index (χ3n) is 23.8. The largest absolute Gasteiger partial charge is 0.376 e. The summed E-state index contributed by atoms with van der Waals surface area (Å²) in [7, 11) is 0. The van der Waals surface area contributed by atoms with Gasteiger partial charge in [-0.15, -0.1) is 0 Å². The highest BCUT2D eigenvalue weighted by Gasteiger charge is 2.65. The maximum atomic E-state index is 13.8. The van der Waals surface area contributed by atoms with Crippen molar-refractivity contribution in [2.75, 3.05) is 73.9 Å². The van der Waals surface area contributed by atoms with Crippen molar-refractivity contribution >= 4 is 163 Å². The van der Waals surface area contributed by atoms with Crippen molar-refractivity contribution < 1.29 is 57.3 Å².